The second-order valence-corrected chi connectivity index (χ2v) is 39.8. The summed E-state index contributed by atoms with van der Waals surface area (Å²) in [6.45, 7) is 37.4. The fourth-order valence-electron chi connectivity index (χ4n) is 9.74. The maximum Gasteiger partial charge on any atom is 0.459 e. The molecule has 7 atom stereocenters. The van der Waals surface area contributed by atoms with Gasteiger partial charge in [0.1, 0.15) is 5.60 Å². The number of ether oxygens (including phenoxy) is 1. The Kier molecular flexibility index (Phi) is 24.0. The molecular formula is C61H95F7O5Si3. The fourth-order valence-corrected chi connectivity index (χ4v) is 17.2. The summed E-state index contributed by atoms with van der Waals surface area (Å²) in [6.07, 6.45) is -0.678. The molecule has 0 saturated carbocycles. The first-order valence-electron chi connectivity index (χ1n) is 27.5. The van der Waals surface area contributed by atoms with Crippen molar-refractivity contribution in [3.8, 4) is 0 Å². The maximum absolute atomic E-state index is 15.4. The molecule has 3 rings (SSSR count). The summed E-state index contributed by atoms with van der Waals surface area (Å²) in [5.41, 5.74) is 0.784. The van der Waals surface area contributed by atoms with E-state index in [1.807, 2.05) is 117 Å². The first-order valence-corrected chi connectivity index (χ1v) is 35.5. The van der Waals surface area contributed by atoms with Crippen LogP contribution in [0, 0.1) is 23.7 Å². The highest BCUT2D eigenvalue weighted by Gasteiger charge is 2.73. The number of alkyl halides is 7. The number of aliphatic hydroxyl groups excluding tert-OH is 1. The molecule has 76 heavy (non-hydrogen) atoms. The lowest BCUT2D eigenvalue weighted by Gasteiger charge is -2.45. The summed E-state index contributed by atoms with van der Waals surface area (Å²) in [7, 11) is -8.58. The minimum atomic E-state index is -6.44. The zero-order valence-corrected chi connectivity index (χ0v) is 52.1. The molecule has 0 heterocycles. The predicted molar refractivity (Wildman–Crippen MR) is 307 cm³/mol. The first-order chi connectivity index (χ1) is 34.8. The lowest BCUT2D eigenvalue weighted by Crippen LogP contribution is -2.55. The van der Waals surface area contributed by atoms with E-state index < -0.39 is 90.2 Å². The standard InChI is InChI=1S/C61H95F7O5Si3/c1-44(2)76(45(3)4,40-38-58(62,63)60(64,65)61(66,67)68)72-54(47(6)29-28-39-70-59(50-30-22-19-23-31-50,51-32-24-20-25-33-51)52-34-26-21-27-35-52)42-53(71-74(15,16)56(9,10)11)37-36-48(7)55(49(8)41-46(5)43-69)73-75(17,18)57(12,13)14/h19-37,44-49,53-55,69H,38-43H2,1-18H3/b29-28+,37-36?/t46-,47-,48+,49+,53-,54+,55+/m1/s1. The molecule has 0 saturated heterocycles. The molecule has 0 aromatic heterocycles. The average Bonchev–Trinajstić information content (AvgIpc) is 3.32. The Morgan fingerprint density at radius 3 is 1.38 bits per heavy atom. The smallest absolute Gasteiger partial charge is 0.413 e. The van der Waals surface area contributed by atoms with E-state index in [-0.39, 0.29) is 53.6 Å². The van der Waals surface area contributed by atoms with Gasteiger partial charge < -0.3 is 23.1 Å². The highest BCUT2D eigenvalue weighted by Crippen LogP contribution is 2.52. The van der Waals surface area contributed by atoms with Crippen LogP contribution in [-0.2, 0) is 23.6 Å². The van der Waals surface area contributed by atoms with Crippen LogP contribution in [0.2, 0.25) is 53.4 Å². The molecule has 0 aliphatic heterocycles. The Hall–Kier alpha value is -2.90. The third kappa shape index (κ3) is 16.8. The molecule has 3 aromatic rings. The molecule has 0 spiro atoms. The molecule has 0 aliphatic rings. The number of hydrogen-bond acceptors (Lipinski definition) is 5. The minimum Gasteiger partial charge on any atom is -0.413 e. The average molecular weight is 1130 g/mol. The number of aliphatic hydroxyl groups is 1. The SMILES string of the molecule is CC(C)[Si](CCC(F)(F)C(F)(F)C(F)(F)F)(O[C@@H](C[C@@H](C=C[C@H](C)[C@H](O[Si](C)(C)C(C)(C)C)[C@@H](C)C[C@@H](C)CO)O[Si](C)(C)C(C)(C)C)[C@H](C)/C=C/COC(c1ccccc1)(c1ccccc1)c1ccccc1)C(C)C. The summed E-state index contributed by atoms with van der Waals surface area (Å²) in [5.74, 6) is -12.1. The molecule has 15 heteroatoms. The lowest BCUT2D eigenvalue weighted by atomic mass is 9.80. The topological polar surface area (TPSA) is 57.2 Å². The van der Waals surface area contributed by atoms with Gasteiger partial charge in [-0.3, -0.25) is 0 Å². The van der Waals surface area contributed by atoms with Crippen LogP contribution < -0.4 is 0 Å². The Morgan fingerprint density at radius 1 is 0.553 bits per heavy atom. The van der Waals surface area contributed by atoms with Gasteiger partial charge in [0.15, 0.2) is 25.0 Å². The number of rotatable bonds is 29. The van der Waals surface area contributed by atoms with Crippen molar-refractivity contribution in [3.05, 3.63) is 132 Å². The van der Waals surface area contributed by atoms with Gasteiger partial charge >= 0.3 is 18.0 Å². The second kappa shape index (κ2) is 27.0. The van der Waals surface area contributed by atoms with Gasteiger partial charge in [0.05, 0.1) is 24.9 Å². The van der Waals surface area contributed by atoms with Crippen LogP contribution >= 0.6 is 0 Å². The summed E-state index contributed by atoms with van der Waals surface area (Å²) >= 11 is 0. The van der Waals surface area contributed by atoms with Crippen LogP contribution in [0.3, 0.4) is 0 Å². The molecule has 0 amide bonds. The van der Waals surface area contributed by atoms with Crippen LogP contribution in [0.15, 0.2) is 115 Å². The summed E-state index contributed by atoms with van der Waals surface area (Å²) in [5, 5.41) is 9.77. The van der Waals surface area contributed by atoms with E-state index >= 15 is 8.78 Å². The van der Waals surface area contributed by atoms with Crippen molar-refractivity contribution in [1.29, 1.82) is 0 Å². The van der Waals surface area contributed by atoms with E-state index in [4.69, 9.17) is 18.0 Å². The Bertz CT molecular complexity index is 2120. The van der Waals surface area contributed by atoms with Crippen molar-refractivity contribution in [3.63, 3.8) is 0 Å². The quantitative estimate of drug-likeness (QED) is 0.0325. The van der Waals surface area contributed by atoms with Crippen LogP contribution in [0.25, 0.3) is 0 Å². The summed E-state index contributed by atoms with van der Waals surface area (Å²) in [6, 6.07) is 29.2. The lowest BCUT2D eigenvalue weighted by molar-refractivity contribution is -0.354. The highest BCUT2D eigenvalue weighted by molar-refractivity contribution is 6.76. The summed E-state index contributed by atoms with van der Waals surface area (Å²) in [4.78, 5) is 0. The van der Waals surface area contributed by atoms with E-state index in [1.165, 1.54) is 0 Å². The van der Waals surface area contributed by atoms with E-state index in [1.54, 1.807) is 27.7 Å². The van der Waals surface area contributed by atoms with Crippen LogP contribution in [0.5, 0.6) is 0 Å². The molecule has 0 unspecified atom stereocenters. The van der Waals surface area contributed by atoms with Crippen molar-refractivity contribution >= 4 is 25.0 Å². The fraction of sp³-hybridized carbons (Fsp3) is 0.639. The zero-order valence-electron chi connectivity index (χ0n) is 49.1. The second-order valence-electron chi connectivity index (χ2n) is 25.3. The third-order valence-electron chi connectivity index (χ3n) is 16.7. The first kappa shape index (κ1) is 67.4. The molecule has 5 nitrogen and oxygen atoms in total. The van der Waals surface area contributed by atoms with Gasteiger partial charge in [-0.05, 0) is 100 Å². The highest BCUT2D eigenvalue weighted by atomic mass is 28.4. The van der Waals surface area contributed by atoms with Crippen molar-refractivity contribution in [2.75, 3.05) is 13.2 Å². The number of halogens is 7. The van der Waals surface area contributed by atoms with Crippen molar-refractivity contribution in [1.82, 2.24) is 0 Å². The normalized spacial score (nSPS) is 17.1. The van der Waals surface area contributed by atoms with Crippen LogP contribution in [0.4, 0.5) is 30.7 Å². The van der Waals surface area contributed by atoms with Gasteiger partial charge in [-0.25, -0.2) is 0 Å². The van der Waals surface area contributed by atoms with Crippen LogP contribution in [0.1, 0.15) is 133 Å². The van der Waals surface area contributed by atoms with Gasteiger partial charge in [0.25, 0.3) is 0 Å². The zero-order chi connectivity index (χ0) is 57.9. The monoisotopic (exact) mass is 1120 g/mol. The molecule has 0 radical (unpaired) electrons. The van der Waals surface area contributed by atoms with Gasteiger partial charge in [-0.2, -0.15) is 30.7 Å². The van der Waals surface area contributed by atoms with Gasteiger partial charge in [-0.15, -0.1) is 0 Å². The largest absolute Gasteiger partial charge is 0.459 e. The van der Waals surface area contributed by atoms with Crippen molar-refractivity contribution in [2.45, 2.75) is 212 Å². The van der Waals surface area contributed by atoms with Gasteiger partial charge in [0.2, 0.25) is 0 Å². The van der Waals surface area contributed by atoms with Gasteiger partial charge in [-0.1, -0.05) is 212 Å². The van der Waals surface area contributed by atoms with E-state index in [2.05, 4.69) is 93.7 Å². The molecule has 0 bridgehead atoms. The molecule has 3 aromatic carbocycles. The summed E-state index contributed by atoms with van der Waals surface area (Å²) < 4.78 is 130. The number of hydrogen-bond donors (Lipinski definition) is 1. The Labute approximate surface area is 457 Å². The minimum absolute atomic E-state index is 0.0534. The Balaban J connectivity index is 2.29. The van der Waals surface area contributed by atoms with Crippen LogP contribution in [-0.4, -0.2) is 79.6 Å². The molecule has 0 aliphatic carbocycles. The molecule has 430 valence electrons. The maximum atomic E-state index is 15.4. The van der Waals surface area contributed by atoms with E-state index in [9.17, 15) is 27.1 Å². The van der Waals surface area contributed by atoms with E-state index in [0.29, 0.717) is 0 Å². The third-order valence-corrected chi connectivity index (χ3v) is 31.3. The van der Waals surface area contributed by atoms with E-state index in [0.717, 1.165) is 23.1 Å². The van der Waals surface area contributed by atoms with Gasteiger partial charge in [0, 0.05) is 19.4 Å². The van der Waals surface area contributed by atoms with Crippen molar-refractivity contribution < 1.29 is 53.9 Å². The number of benzene rings is 3. The molecule has 0 fully saturated rings. The van der Waals surface area contributed by atoms with Crippen molar-refractivity contribution in [2.24, 2.45) is 23.7 Å². The Morgan fingerprint density at radius 2 is 0.987 bits per heavy atom. The predicted octanol–water partition coefficient (Wildman–Crippen LogP) is 18.6. The molecule has 1 N–H and O–H groups in total. The molecular weight excluding hydrogens is 1030 g/mol.